The molecule has 1 amide bonds. The number of hydrogen-bond acceptors (Lipinski definition) is 4. The highest BCUT2D eigenvalue weighted by atomic mass is 32.2. The lowest BCUT2D eigenvalue weighted by Crippen LogP contribution is -2.37. The quantitative estimate of drug-likeness (QED) is 0.780. The topological polar surface area (TPSA) is 79.4 Å². The predicted molar refractivity (Wildman–Crippen MR) is 96.3 cm³/mol. The van der Waals surface area contributed by atoms with E-state index in [0.29, 0.717) is 13.1 Å². The van der Waals surface area contributed by atoms with Gasteiger partial charge >= 0.3 is 0 Å². The van der Waals surface area contributed by atoms with Gasteiger partial charge in [0.1, 0.15) is 0 Å². The molecule has 0 saturated heterocycles. The second-order valence-electron chi connectivity index (χ2n) is 5.69. The molecular formula is C18H23N3O3S. The molecule has 1 aromatic carbocycles. The number of nitrogens with zero attached hydrogens (tertiary/aromatic N) is 2. The molecule has 1 aromatic heterocycles. The van der Waals surface area contributed by atoms with E-state index in [-0.39, 0.29) is 17.3 Å². The molecule has 0 saturated carbocycles. The zero-order chi connectivity index (χ0) is 18.3. The summed E-state index contributed by atoms with van der Waals surface area (Å²) in [7, 11) is -3.58. The van der Waals surface area contributed by atoms with E-state index in [0.717, 1.165) is 17.5 Å². The van der Waals surface area contributed by atoms with Gasteiger partial charge in [-0.1, -0.05) is 19.1 Å². The average Bonchev–Trinajstić information content (AvgIpc) is 2.61. The Bertz CT molecular complexity index is 790. The van der Waals surface area contributed by atoms with E-state index < -0.39 is 10.0 Å². The third-order valence-electron chi connectivity index (χ3n) is 3.88. The molecule has 0 fully saturated rings. The Kier molecular flexibility index (Phi) is 6.66. The lowest BCUT2D eigenvalue weighted by molar-refractivity contribution is -0.129. The molecule has 2 rings (SSSR count). The number of nitrogens with one attached hydrogen (secondary N) is 1. The Balaban J connectivity index is 1.95. The second kappa shape index (κ2) is 8.73. The number of pyridine rings is 1. The van der Waals surface area contributed by atoms with Gasteiger partial charge in [0.15, 0.2) is 0 Å². The van der Waals surface area contributed by atoms with E-state index in [4.69, 9.17) is 0 Å². The Hall–Kier alpha value is -2.25. The van der Waals surface area contributed by atoms with Gasteiger partial charge in [-0.15, -0.1) is 0 Å². The minimum atomic E-state index is -3.58. The fourth-order valence-electron chi connectivity index (χ4n) is 2.36. The summed E-state index contributed by atoms with van der Waals surface area (Å²) in [5.41, 5.74) is 2.03. The van der Waals surface area contributed by atoms with E-state index in [1.165, 1.54) is 6.92 Å². The molecular weight excluding hydrogens is 338 g/mol. The maximum absolute atomic E-state index is 12.3. The van der Waals surface area contributed by atoms with Gasteiger partial charge in [-0.25, -0.2) is 13.1 Å². The van der Waals surface area contributed by atoms with E-state index in [1.54, 1.807) is 41.6 Å². The predicted octanol–water partition coefficient (Wildman–Crippen LogP) is 1.97. The highest BCUT2D eigenvalue weighted by molar-refractivity contribution is 7.89. The number of amides is 1. The zero-order valence-corrected chi connectivity index (χ0v) is 15.3. The molecule has 0 aliphatic carbocycles. The van der Waals surface area contributed by atoms with Crippen LogP contribution in [0.3, 0.4) is 0 Å². The van der Waals surface area contributed by atoms with Gasteiger partial charge in [-0.2, -0.15) is 0 Å². The number of aromatic nitrogens is 1. The first kappa shape index (κ1) is 19.1. The maximum Gasteiger partial charge on any atom is 0.240 e. The minimum absolute atomic E-state index is 0.108. The number of carbonyl (C=O) groups excluding carboxylic acids is 1. The third-order valence-corrected chi connectivity index (χ3v) is 5.36. The fraction of sp³-hybridized carbons (Fsp3) is 0.333. The second-order valence-corrected chi connectivity index (χ2v) is 7.46. The Labute approximate surface area is 148 Å². The number of hydrogen-bond donors (Lipinski definition) is 1. The van der Waals surface area contributed by atoms with Crippen molar-refractivity contribution in [1.29, 1.82) is 0 Å². The van der Waals surface area contributed by atoms with E-state index in [1.807, 2.05) is 19.1 Å². The van der Waals surface area contributed by atoms with Crippen molar-refractivity contribution in [3.05, 3.63) is 59.9 Å². The summed E-state index contributed by atoms with van der Waals surface area (Å²) < 4.78 is 27.2. The van der Waals surface area contributed by atoms with E-state index in [9.17, 15) is 13.2 Å². The molecule has 134 valence electrons. The van der Waals surface area contributed by atoms with Gasteiger partial charge in [0.2, 0.25) is 15.9 Å². The van der Waals surface area contributed by atoms with Crippen molar-refractivity contribution in [2.45, 2.75) is 31.7 Å². The molecule has 0 spiro atoms. The molecule has 6 nitrogen and oxygen atoms in total. The summed E-state index contributed by atoms with van der Waals surface area (Å²) in [4.78, 5) is 17.5. The number of sulfonamides is 1. The van der Waals surface area contributed by atoms with Crippen molar-refractivity contribution in [2.75, 3.05) is 13.1 Å². The summed E-state index contributed by atoms with van der Waals surface area (Å²) in [6.45, 7) is 4.36. The number of benzene rings is 1. The standard InChI is InChI=1S/C18H23N3O3S/c1-3-16-4-6-18(7-5-16)25(23,24)20-12-13-21(15(2)22)14-17-8-10-19-11-9-17/h4-11,20H,3,12-14H2,1-2H3. The van der Waals surface area contributed by atoms with Crippen LogP contribution < -0.4 is 4.72 Å². The van der Waals surface area contributed by atoms with Crippen LogP contribution in [0.2, 0.25) is 0 Å². The summed E-state index contributed by atoms with van der Waals surface area (Å²) in [6, 6.07) is 10.5. The normalized spacial score (nSPS) is 11.3. The fourth-order valence-corrected chi connectivity index (χ4v) is 3.38. The van der Waals surface area contributed by atoms with Gasteiger partial charge < -0.3 is 4.90 Å². The van der Waals surface area contributed by atoms with Crippen molar-refractivity contribution >= 4 is 15.9 Å². The third kappa shape index (κ3) is 5.65. The molecule has 1 heterocycles. The lowest BCUT2D eigenvalue weighted by atomic mass is 10.2. The van der Waals surface area contributed by atoms with Crippen molar-refractivity contribution in [2.24, 2.45) is 0 Å². The summed E-state index contributed by atoms with van der Waals surface area (Å²) in [5.74, 6) is -0.108. The first-order chi connectivity index (χ1) is 11.9. The van der Waals surface area contributed by atoms with Crippen LogP contribution in [0.5, 0.6) is 0 Å². The molecule has 7 heteroatoms. The Morgan fingerprint density at radius 3 is 2.28 bits per heavy atom. The minimum Gasteiger partial charge on any atom is -0.337 e. The number of carbonyl (C=O) groups is 1. The van der Waals surface area contributed by atoms with Crippen molar-refractivity contribution in [3.63, 3.8) is 0 Å². The zero-order valence-electron chi connectivity index (χ0n) is 14.5. The van der Waals surface area contributed by atoms with Crippen LogP contribution in [0.4, 0.5) is 0 Å². The molecule has 1 N–H and O–H groups in total. The SMILES string of the molecule is CCc1ccc(S(=O)(=O)NCCN(Cc2ccncc2)C(C)=O)cc1. The Morgan fingerprint density at radius 1 is 1.08 bits per heavy atom. The van der Waals surface area contributed by atoms with Gasteiger partial charge in [-0.3, -0.25) is 9.78 Å². The molecule has 0 unspecified atom stereocenters. The lowest BCUT2D eigenvalue weighted by Gasteiger charge is -2.21. The van der Waals surface area contributed by atoms with E-state index in [2.05, 4.69) is 9.71 Å². The summed E-state index contributed by atoms with van der Waals surface area (Å²) in [6.07, 6.45) is 4.18. The van der Waals surface area contributed by atoms with Crippen LogP contribution in [0.15, 0.2) is 53.7 Å². The monoisotopic (exact) mass is 361 g/mol. The van der Waals surface area contributed by atoms with Crippen molar-refractivity contribution in [3.8, 4) is 0 Å². The van der Waals surface area contributed by atoms with Crippen LogP contribution in [0.1, 0.15) is 25.0 Å². The maximum atomic E-state index is 12.3. The molecule has 0 aliphatic rings. The van der Waals surface area contributed by atoms with Gasteiger partial charge in [0.25, 0.3) is 0 Å². The molecule has 25 heavy (non-hydrogen) atoms. The first-order valence-electron chi connectivity index (χ1n) is 8.15. The largest absolute Gasteiger partial charge is 0.337 e. The Morgan fingerprint density at radius 2 is 1.72 bits per heavy atom. The highest BCUT2D eigenvalue weighted by Gasteiger charge is 2.15. The van der Waals surface area contributed by atoms with Crippen LogP contribution in [-0.4, -0.2) is 37.3 Å². The number of aryl methyl sites for hydroxylation is 1. The van der Waals surface area contributed by atoms with Gasteiger partial charge in [0, 0.05) is 39.0 Å². The molecule has 0 atom stereocenters. The van der Waals surface area contributed by atoms with Crippen LogP contribution in [0, 0.1) is 0 Å². The smallest absolute Gasteiger partial charge is 0.240 e. The van der Waals surface area contributed by atoms with Crippen molar-refractivity contribution < 1.29 is 13.2 Å². The van der Waals surface area contributed by atoms with Crippen molar-refractivity contribution in [1.82, 2.24) is 14.6 Å². The molecule has 2 aromatic rings. The van der Waals surface area contributed by atoms with Crippen LogP contribution in [0.25, 0.3) is 0 Å². The summed E-state index contributed by atoms with van der Waals surface area (Å²) in [5, 5.41) is 0. The van der Waals surface area contributed by atoms with Crippen LogP contribution in [-0.2, 0) is 27.8 Å². The molecule has 0 radical (unpaired) electrons. The summed E-state index contributed by atoms with van der Waals surface area (Å²) >= 11 is 0. The molecule has 0 bridgehead atoms. The van der Waals surface area contributed by atoms with Gasteiger partial charge in [0.05, 0.1) is 4.90 Å². The van der Waals surface area contributed by atoms with Gasteiger partial charge in [-0.05, 0) is 41.8 Å². The van der Waals surface area contributed by atoms with E-state index >= 15 is 0 Å². The number of rotatable bonds is 8. The highest BCUT2D eigenvalue weighted by Crippen LogP contribution is 2.11. The van der Waals surface area contributed by atoms with Crippen LogP contribution >= 0.6 is 0 Å². The molecule has 0 aliphatic heterocycles. The first-order valence-corrected chi connectivity index (χ1v) is 9.63. The average molecular weight is 361 g/mol.